The van der Waals surface area contributed by atoms with Crippen molar-refractivity contribution in [1.29, 1.82) is 0 Å². The maximum absolute atomic E-state index is 11.1. The number of fused-ring (bicyclic) bond motifs is 1. The fraction of sp³-hybridized carbons (Fsp3) is 0.0769. The van der Waals surface area contributed by atoms with Gasteiger partial charge in [0.05, 0.1) is 5.69 Å². The molecule has 3 aromatic rings. The predicted octanol–water partition coefficient (Wildman–Crippen LogP) is 1.69. The molecular formula is C13H10N4O2. The standard InChI is InChI=1S/C13H10N4O2/c1-7-16-10-3-2-8(6-11(10)19-7)9-4-5-15-13(17-9)12(14)18/h2-6H,1H3,(H2,14,18). The van der Waals surface area contributed by atoms with Crippen LogP contribution in [0.5, 0.6) is 0 Å². The lowest BCUT2D eigenvalue weighted by atomic mass is 10.1. The first-order valence-electron chi connectivity index (χ1n) is 5.64. The zero-order valence-corrected chi connectivity index (χ0v) is 10.1. The van der Waals surface area contributed by atoms with E-state index in [1.807, 2.05) is 18.2 Å². The summed E-state index contributed by atoms with van der Waals surface area (Å²) in [6.07, 6.45) is 1.50. The van der Waals surface area contributed by atoms with Gasteiger partial charge in [0, 0.05) is 18.7 Å². The summed E-state index contributed by atoms with van der Waals surface area (Å²) < 4.78 is 5.46. The van der Waals surface area contributed by atoms with Crippen molar-refractivity contribution in [3.8, 4) is 11.3 Å². The number of benzene rings is 1. The summed E-state index contributed by atoms with van der Waals surface area (Å²) in [5.74, 6) is -0.0579. The molecule has 0 saturated heterocycles. The van der Waals surface area contributed by atoms with E-state index >= 15 is 0 Å². The fourth-order valence-electron chi connectivity index (χ4n) is 1.84. The molecule has 1 aromatic carbocycles. The second-order valence-corrected chi connectivity index (χ2v) is 4.05. The quantitative estimate of drug-likeness (QED) is 0.750. The Hall–Kier alpha value is -2.76. The number of nitrogens with zero attached hydrogens (tertiary/aromatic N) is 3. The Morgan fingerprint density at radius 2 is 2.11 bits per heavy atom. The molecule has 2 N–H and O–H groups in total. The number of rotatable bonds is 2. The number of carbonyl (C=O) groups excluding carboxylic acids is 1. The van der Waals surface area contributed by atoms with Crippen molar-refractivity contribution >= 4 is 17.0 Å². The topological polar surface area (TPSA) is 94.9 Å². The number of carbonyl (C=O) groups is 1. The maximum Gasteiger partial charge on any atom is 0.286 e. The first-order chi connectivity index (χ1) is 9.13. The molecule has 94 valence electrons. The van der Waals surface area contributed by atoms with Gasteiger partial charge in [-0.1, -0.05) is 6.07 Å². The van der Waals surface area contributed by atoms with Crippen LogP contribution < -0.4 is 5.73 Å². The van der Waals surface area contributed by atoms with E-state index in [0.717, 1.165) is 11.1 Å². The van der Waals surface area contributed by atoms with Gasteiger partial charge in [-0.05, 0) is 18.2 Å². The van der Waals surface area contributed by atoms with Crippen molar-refractivity contribution in [2.24, 2.45) is 5.73 Å². The Labute approximate surface area is 108 Å². The van der Waals surface area contributed by atoms with E-state index in [-0.39, 0.29) is 5.82 Å². The largest absolute Gasteiger partial charge is 0.441 e. The lowest BCUT2D eigenvalue weighted by Crippen LogP contribution is -2.15. The van der Waals surface area contributed by atoms with Crippen LogP contribution in [0.3, 0.4) is 0 Å². The van der Waals surface area contributed by atoms with Crippen molar-refractivity contribution in [1.82, 2.24) is 15.0 Å². The number of amides is 1. The minimum absolute atomic E-state index is 0.00801. The number of nitrogens with two attached hydrogens (primary N) is 1. The van der Waals surface area contributed by atoms with E-state index in [1.54, 1.807) is 13.0 Å². The van der Waals surface area contributed by atoms with Gasteiger partial charge in [-0.25, -0.2) is 15.0 Å². The highest BCUT2D eigenvalue weighted by Crippen LogP contribution is 2.23. The van der Waals surface area contributed by atoms with Gasteiger partial charge in [0.15, 0.2) is 11.5 Å². The molecule has 0 aliphatic rings. The lowest BCUT2D eigenvalue weighted by Gasteiger charge is -2.01. The summed E-state index contributed by atoms with van der Waals surface area (Å²) in [6, 6.07) is 7.23. The summed E-state index contributed by atoms with van der Waals surface area (Å²) in [6.45, 7) is 1.79. The van der Waals surface area contributed by atoms with Crippen LogP contribution >= 0.6 is 0 Å². The van der Waals surface area contributed by atoms with Crippen LogP contribution in [0.1, 0.15) is 16.5 Å². The Morgan fingerprint density at radius 1 is 1.26 bits per heavy atom. The van der Waals surface area contributed by atoms with Gasteiger partial charge >= 0.3 is 0 Å². The minimum Gasteiger partial charge on any atom is -0.441 e. The van der Waals surface area contributed by atoms with E-state index in [0.29, 0.717) is 17.2 Å². The molecule has 0 spiro atoms. The van der Waals surface area contributed by atoms with Crippen LogP contribution in [0.15, 0.2) is 34.9 Å². The third-order valence-corrected chi connectivity index (χ3v) is 2.67. The summed E-state index contributed by atoms with van der Waals surface area (Å²) >= 11 is 0. The van der Waals surface area contributed by atoms with Gasteiger partial charge in [0.1, 0.15) is 5.52 Å². The van der Waals surface area contributed by atoms with Crippen LogP contribution in [-0.2, 0) is 0 Å². The second kappa shape index (κ2) is 4.16. The number of oxazole rings is 1. The Balaban J connectivity index is 2.12. The first kappa shape index (κ1) is 11.3. The minimum atomic E-state index is -0.654. The number of hydrogen-bond donors (Lipinski definition) is 1. The van der Waals surface area contributed by atoms with Crippen molar-refractivity contribution in [2.75, 3.05) is 0 Å². The highest BCUT2D eigenvalue weighted by atomic mass is 16.3. The lowest BCUT2D eigenvalue weighted by molar-refractivity contribution is 0.0990. The smallest absolute Gasteiger partial charge is 0.286 e. The molecule has 0 saturated carbocycles. The van der Waals surface area contributed by atoms with E-state index < -0.39 is 5.91 Å². The molecule has 0 atom stereocenters. The van der Waals surface area contributed by atoms with Crippen molar-refractivity contribution in [2.45, 2.75) is 6.92 Å². The number of aryl methyl sites for hydroxylation is 1. The molecule has 6 nitrogen and oxygen atoms in total. The summed E-state index contributed by atoms with van der Waals surface area (Å²) in [5, 5.41) is 0. The Bertz CT molecular complexity index is 779. The number of primary amides is 1. The van der Waals surface area contributed by atoms with Crippen LogP contribution in [0.4, 0.5) is 0 Å². The molecule has 19 heavy (non-hydrogen) atoms. The third kappa shape index (κ3) is 2.03. The molecule has 0 radical (unpaired) electrons. The van der Waals surface area contributed by atoms with Gasteiger partial charge in [-0.15, -0.1) is 0 Å². The summed E-state index contributed by atoms with van der Waals surface area (Å²) in [4.78, 5) is 23.2. The van der Waals surface area contributed by atoms with Crippen LogP contribution in [0.2, 0.25) is 0 Å². The molecule has 2 heterocycles. The molecule has 0 aliphatic carbocycles. The van der Waals surface area contributed by atoms with Crippen molar-refractivity contribution in [3.05, 3.63) is 42.2 Å². The van der Waals surface area contributed by atoms with Gasteiger partial charge < -0.3 is 10.2 Å². The SMILES string of the molecule is Cc1nc2ccc(-c3ccnc(C(N)=O)n3)cc2o1. The highest BCUT2D eigenvalue weighted by Gasteiger charge is 2.09. The average molecular weight is 254 g/mol. The van der Waals surface area contributed by atoms with Crippen molar-refractivity contribution in [3.63, 3.8) is 0 Å². The molecule has 1 amide bonds. The fourth-order valence-corrected chi connectivity index (χ4v) is 1.84. The number of hydrogen-bond acceptors (Lipinski definition) is 5. The predicted molar refractivity (Wildman–Crippen MR) is 68.3 cm³/mol. The van der Waals surface area contributed by atoms with E-state index in [9.17, 15) is 4.79 Å². The monoisotopic (exact) mass is 254 g/mol. The Kier molecular flexibility index (Phi) is 2.49. The molecule has 2 aromatic heterocycles. The normalized spacial score (nSPS) is 10.8. The van der Waals surface area contributed by atoms with E-state index in [4.69, 9.17) is 10.2 Å². The average Bonchev–Trinajstić information content (AvgIpc) is 2.77. The molecule has 6 heteroatoms. The second-order valence-electron chi connectivity index (χ2n) is 4.05. The molecule has 0 fully saturated rings. The van der Waals surface area contributed by atoms with E-state index in [2.05, 4.69) is 15.0 Å². The van der Waals surface area contributed by atoms with Crippen LogP contribution in [0, 0.1) is 6.92 Å². The zero-order valence-electron chi connectivity index (χ0n) is 10.1. The third-order valence-electron chi connectivity index (χ3n) is 2.67. The van der Waals surface area contributed by atoms with Gasteiger partial charge in [-0.2, -0.15) is 0 Å². The number of aromatic nitrogens is 3. The molecule has 0 aliphatic heterocycles. The molecule has 0 bridgehead atoms. The summed E-state index contributed by atoms with van der Waals surface area (Å²) in [5.41, 5.74) is 8.04. The van der Waals surface area contributed by atoms with Crippen molar-refractivity contribution < 1.29 is 9.21 Å². The molecule has 0 unspecified atom stereocenters. The molecule has 3 rings (SSSR count). The van der Waals surface area contributed by atoms with E-state index in [1.165, 1.54) is 6.20 Å². The highest BCUT2D eigenvalue weighted by molar-refractivity contribution is 5.89. The van der Waals surface area contributed by atoms with Crippen LogP contribution in [-0.4, -0.2) is 20.9 Å². The first-order valence-corrected chi connectivity index (χ1v) is 5.64. The maximum atomic E-state index is 11.1. The van der Waals surface area contributed by atoms with Gasteiger partial charge in [-0.3, -0.25) is 4.79 Å². The molecular weight excluding hydrogens is 244 g/mol. The van der Waals surface area contributed by atoms with Crippen LogP contribution in [0.25, 0.3) is 22.4 Å². The van der Waals surface area contributed by atoms with Gasteiger partial charge in [0.2, 0.25) is 5.82 Å². The Morgan fingerprint density at radius 3 is 2.89 bits per heavy atom. The summed E-state index contributed by atoms with van der Waals surface area (Å²) in [7, 11) is 0. The van der Waals surface area contributed by atoms with Gasteiger partial charge in [0.25, 0.3) is 5.91 Å². The zero-order chi connectivity index (χ0) is 13.4.